The van der Waals surface area contributed by atoms with Crippen LogP contribution in [0.1, 0.15) is 44.9 Å². The lowest BCUT2D eigenvalue weighted by atomic mass is 9.81. The molecule has 2 aliphatic rings. The van der Waals surface area contributed by atoms with Gasteiger partial charge in [0.05, 0.1) is 24.3 Å². The minimum Gasteiger partial charge on any atom is -0.394 e. The van der Waals surface area contributed by atoms with Crippen molar-refractivity contribution in [1.29, 1.82) is 0 Å². The number of nitrogens with zero attached hydrogens (tertiary/aromatic N) is 1. The second kappa shape index (κ2) is 6.62. The van der Waals surface area contributed by atoms with Gasteiger partial charge in [-0.15, -0.1) is 0 Å². The van der Waals surface area contributed by atoms with Gasteiger partial charge in [0, 0.05) is 13.1 Å². The zero-order chi connectivity index (χ0) is 15.5. The van der Waals surface area contributed by atoms with Crippen LogP contribution < -0.4 is 5.32 Å². The highest BCUT2D eigenvalue weighted by Crippen LogP contribution is 2.29. The van der Waals surface area contributed by atoms with E-state index in [0.29, 0.717) is 19.4 Å². The van der Waals surface area contributed by atoms with Gasteiger partial charge in [-0.3, -0.25) is 4.79 Å². The van der Waals surface area contributed by atoms with Crippen LogP contribution in [0.3, 0.4) is 0 Å². The molecule has 0 spiro atoms. The minimum atomic E-state index is -3.24. The summed E-state index contributed by atoms with van der Waals surface area (Å²) in [5.74, 6) is -0.418. The zero-order valence-electron chi connectivity index (χ0n) is 12.7. The maximum atomic E-state index is 12.5. The van der Waals surface area contributed by atoms with Crippen molar-refractivity contribution in [3.63, 3.8) is 0 Å². The molecule has 0 aromatic rings. The number of aliphatic hydroxyl groups excluding tert-OH is 1. The molecular weight excluding hydrogens is 292 g/mol. The van der Waals surface area contributed by atoms with E-state index in [9.17, 15) is 18.3 Å². The fourth-order valence-electron chi connectivity index (χ4n) is 3.37. The molecule has 2 N–H and O–H groups in total. The van der Waals surface area contributed by atoms with E-state index in [2.05, 4.69) is 5.32 Å². The van der Waals surface area contributed by atoms with E-state index < -0.39 is 15.6 Å². The number of hydrogen-bond donors (Lipinski definition) is 2. The van der Waals surface area contributed by atoms with E-state index in [1.165, 1.54) is 10.6 Å². The van der Waals surface area contributed by atoms with Crippen LogP contribution in [0.2, 0.25) is 0 Å². The fraction of sp³-hybridized carbons (Fsp3) is 0.929. The van der Waals surface area contributed by atoms with Gasteiger partial charge in [-0.2, -0.15) is 0 Å². The predicted octanol–water partition coefficient (Wildman–Crippen LogP) is 0.469. The molecule has 1 heterocycles. The summed E-state index contributed by atoms with van der Waals surface area (Å²) in [7, 11) is -3.24. The SMILES string of the molecule is CS(=O)(=O)N1CCCC(C(=O)NC2(CO)CCCCC2)C1. The van der Waals surface area contributed by atoms with Crippen molar-refractivity contribution in [2.75, 3.05) is 26.0 Å². The second-order valence-electron chi connectivity index (χ2n) is 6.45. The van der Waals surface area contributed by atoms with Crippen LogP contribution in [0, 0.1) is 5.92 Å². The Morgan fingerprint density at radius 3 is 2.52 bits per heavy atom. The molecular formula is C14H26N2O4S. The van der Waals surface area contributed by atoms with Crippen LogP contribution in [-0.4, -0.2) is 55.2 Å². The Morgan fingerprint density at radius 1 is 1.29 bits per heavy atom. The van der Waals surface area contributed by atoms with Gasteiger partial charge in [0.25, 0.3) is 0 Å². The highest BCUT2D eigenvalue weighted by atomic mass is 32.2. The lowest BCUT2D eigenvalue weighted by Gasteiger charge is -2.39. The molecule has 1 saturated carbocycles. The summed E-state index contributed by atoms with van der Waals surface area (Å²) in [6, 6.07) is 0. The van der Waals surface area contributed by atoms with Crippen LogP contribution in [0.25, 0.3) is 0 Å². The summed E-state index contributed by atoms with van der Waals surface area (Å²) >= 11 is 0. The molecule has 7 heteroatoms. The summed E-state index contributed by atoms with van der Waals surface area (Å²) in [5.41, 5.74) is -0.497. The van der Waals surface area contributed by atoms with E-state index in [1.807, 2.05) is 0 Å². The molecule has 1 atom stereocenters. The first-order valence-electron chi connectivity index (χ1n) is 7.74. The summed E-state index contributed by atoms with van der Waals surface area (Å²) in [6.45, 7) is 0.710. The molecule has 1 unspecified atom stereocenters. The van der Waals surface area contributed by atoms with Crippen molar-refractivity contribution < 1.29 is 18.3 Å². The second-order valence-corrected chi connectivity index (χ2v) is 8.43. The van der Waals surface area contributed by atoms with Crippen LogP contribution in [0.4, 0.5) is 0 Å². The third-order valence-corrected chi connectivity index (χ3v) is 6.00. The molecule has 21 heavy (non-hydrogen) atoms. The molecule has 0 radical (unpaired) electrons. The number of aliphatic hydroxyl groups is 1. The van der Waals surface area contributed by atoms with Crippen LogP contribution >= 0.6 is 0 Å². The lowest BCUT2D eigenvalue weighted by Crippen LogP contribution is -2.56. The maximum absolute atomic E-state index is 12.5. The number of sulfonamides is 1. The topological polar surface area (TPSA) is 86.7 Å². The first kappa shape index (κ1) is 16.7. The normalized spacial score (nSPS) is 27.2. The average Bonchev–Trinajstić information content (AvgIpc) is 2.47. The largest absolute Gasteiger partial charge is 0.394 e. The number of carbonyl (C=O) groups excluding carboxylic acids is 1. The van der Waals surface area contributed by atoms with Gasteiger partial charge in [0.15, 0.2) is 0 Å². The first-order chi connectivity index (χ1) is 9.86. The van der Waals surface area contributed by atoms with Gasteiger partial charge in [-0.05, 0) is 25.7 Å². The Labute approximate surface area is 126 Å². The van der Waals surface area contributed by atoms with Crippen LogP contribution in [0.15, 0.2) is 0 Å². The van der Waals surface area contributed by atoms with Gasteiger partial charge < -0.3 is 10.4 Å². The molecule has 0 aromatic carbocycles. The van der Waals surface area contributed by atoms with Crippen molar-refractivity contribution >= 4 is 15.9 Å². The molecule has 0 aromatic heterocycles. The van der Waals surface area contributed by atoms with Crippen LogP contribution in [0.5, 0.6) is 0 Å². The first-order valence-corrected chi connectivity index (χ1v) is 9.59. The smallest absolute Gasteiger partial charge is 0.224 e. The molecule has 0 bridgehead atoms. The molecule has 1 aliphatic heterocycles. The Morgan fingerprint density at radius 2 is 1.95 bits per heavy atom. The van der Waals surface area contributed by atoms with E-state index >= 15 is 0 Å². The molecule has 1 amide bonds. The summed E-state index contributed by atoms with van der Waals surface area (Å²) in [5, 5.41) is 12.7. The minimum absolute atomic E-state index is 0.0404. The molecule has 1 aliphatic carbocycles. The monoisotopic (exact) mass is 318 g/mol. The summed E-state index contributed by atoms with van der Waals surface area (Å²) in [4.78, 5) is 12.5. The van der Waals surface area contributed by atoms with E-state index in [-0.39, 0.29) is 25.0 Å². The van der Waals surface area contributed by atoms with Gasteiger partial charge >= 0.3 is 0 Å². The van der Waals surface area contributed by atoms with Gasteiger partial charge in [0.2, 0.25) is 15.9 Å². The van der Waals surface area contributed by atoms with Gasteiger partial charge in [-0.25, -0.2) is 12.7 Å². The van der Waals surface area contributed by atoms with Crippen LogP contribution in [-0.2, 0) is 14.8 Å². The third kappa shape index (κ3) is 4.17. The summed E-state index contributed by atoms with van der Waals surface area (Å²) in [6.07, 6.45) is 7.38. The van der Waals surface area contributed by atoms with Gasteiger partial charge in [0.1, 0.15) is 0 Å². The standard InChI is InChI=1S/C14H26N2O4S/c1-21(19,20)16-9-5-6-12(10-16)13(18)15-14(11-17)7-3-2-4-8-14/h12,17H,2-11H2,1H3,(H,15,18). The Kier molecular flexibility index (Phi) is 5.27. The van der Waals surface area contributed by atoms with Gasteiger partial charge in [-0.1, -0.05) is 19.3 Å². The Hall–Kier alpha value is -0.660. The fourth-order valence-corrected chi connectivity index (χ4v) is 4.28. The maximum Gasteiger partial charge on any atom is 0.224 e. The average molecular weight is 318 g/mol. The number of amides is 1. The summed E-state index contributed by atoms with van der Waals surface area (Å²) < 4.78 is 24.6. The third-order valence-electron chi connectivity index (χ3n) is 4.73. The molecule has 122 valence electrons. The van der Waals surface area contributed by atoms with Crippen molar-refractivity contribution in [2.45, 2.75) is 50.5 Å². The van der Waals surface area contributed by atoms with Crippen molar-refractivity contribution in [3.8, 4) is 0 Å². The number of rotatable bonds is 4. The highest BCUT2D eigenvalue weighted by Gasteiger charge is 2.37. The number of piperidine rings is 1. The zero-order valence-corrected chi connectivity index (χ0v) is 13.5. The number of hydrogen-bond acceptors (Lipinski definition) is 4. The van der Waals surface area contributed by atoms with Crippen molar-refractivity contribution in [2.24, 2.45) is 5.92 Å². The van der Waals surface area contributed by atoms with Crippen molar-refractivity contribution in [3.05, 3.63) is 0 Å². The molecule has 6 nitrogen and oxygen atoms in total. The number of nitrogens with one attached hydrogen (secondary N) is 1. The number of carbonyl (C=O) groups is 1. The lowest BCUT2D eigenvalue weighted by molar-refractivity contribution is -0.129. The highest BCUT2D eigenvalue weighted by molar-refractivity contribution is 7.88. The molecule has 2 fully saturated rings. The predicted molar refractivity (Wildman–Crippen MR) is 80.2 cm³/mol. The van der Waals surface area contributed by atoms with Crippen molar-refractivity contribution in [1.82, 2.24) is 9.62 Å². The molecule has 2 rings (SSSR count). The van der Waals surface area contributed by atoms with E-state index in [0.717, 1.165) is 32.1 Å². The quantitative estimate of drug-likeness (QED) is 0.789. The van der Waals surface area contributed by atoms with E-state index in [1.54, 1.807) is 0 Å². The van der Waals surface area contributed by atoms with E-state index in [4.69, 9.17) is 0 Å². The Balaban J connectivity index is 1.99. The Bertz CT molecular complexity index is 471. The molecule has 1 saturated heterocycles.